The Morgan fingerprint density at radius 1 is 1.08 bits per heavy atom. The highest BCUT2D eigenvalue weighted by molar-refractivity contribution is 5.97. The minimum absolute atomic E-state index is 0.127. The van der Waals surface area contributed by atoms with Crippen LogP contribution in [0.3, 0.4) is 0 Å². The first-order valence-corrected chi connectivity index (χ1v) is 7.20. The maximum absolute atomic E-state index is 12.7. The van der Waals surface area contributed by atoms with Gasteiger partial charge in [-0.3, -0.25) is 35.3 Å². The van der Waals surface area contributed by atoms with E-state index < -0.39 is 32.8 Å². The van der Waals surface area contributed by atoms with E-state index in [2.05, 4.69) is 10.3 Å². The van der Waals surface area contributed by atoms with E-state index in [1.54, 1.807) is 27.7 Å². The molecule has 0 atom stereocenters. The molecule has 1 amide bonds. The minimum atomic E-state index is -0.805. The predicted molar refractivity (Wildman–Crippen MR) is 86.8 cm³/mol. The Morgan fingerprint density at radius 2 is 1.50 bits per heavy atom. The molecular weight excluding hydrogens is 320 g/mol. The molecule has 1 aromatic rings. The van der Waals surface area contributed by atoms with E-state index in [1.807, 2.05) is 0 Å². The molecule has 1 aromatic carbocycles. The molecular formula is C14H20N4O6. The Labute approximate surface area is 138 Å². The van der Waals surface area contributed by atoms with Crippen molar-refractivity contribution in [3.8, 4) is 0 Å². The van der Waals surface area contributed by atoms with E-state index in [1.165, 1.54) is 12.0 Å². The average molecular weight is 340 g/mol. The standard InChI is InChI=1S/C14H20N4O6/c1-8(2)16(9(3)4)14(19)10-6-11(17(20)21)13(15-24-5)12(7-10)18(22)23/h6-9,15H,1-5H3. The van der Waals surface area contributed by atoms with Crippen molar-refractivity contribution in [2.45, 2.75) is 39.8 Å². The number of anilines is 1. The van der Waals surface area contributed by atoms with Crippen molar-refractivity contribution in [1.29, 1.82) is 0 Å². The number of carbonyl (C=O) groups is 1. The molecule has 0 spiro atoms. The topological polar surface area (TPSA) is 128 Å². The first-order chi connectivity index (χ1) is 11.1. The summed E-state index contributed by atoms with van der Waals surface area (Å²) in [5.41, 5.74) is 0.382. The van der Waals surface area contributed by atoms with Crippen molar-refractivity contribution in [3.05, 3.63) is 37.9 Å². The van der Waals surface area contributed by atoms with E-state index in [-0.39, 0.29) is 17.6 Å². The van der Waals surface area contributed by atoms with Crippen molar-refractivity contribution in [2.75, 3.05) is 12.6 Å². The van der Waals surface area contributed by atoms with Crippen LogP contribution in [0.15, 0.2) is 12.1 Å². The molecule has 132 valence electrons. The van der Waals surface area contributed by atoms with Gasteiger partial charge >= 0.3 is 11.4 Å². The number of rotatable bonds is 7. The van der Waals surface area contributed by atoms with Crippen molar-refractivity contribution in [1.82, 2.24) is 4.90 Å². The number of nitro benzene ring substituents is 2. The maximum atomic E-state index is 12.7. The van der Waals surface area contributed by atoms with Crippen LogP contribution in [0.1, 0.15) is 38.1 Å². The van der Waals surface area contributed by atoms with Gasteiger partial charge in [-0.1, -0.05) is 0 Å². The Balaban J connectivity index is 3.58. The van der Waals surface area contributed by atoms with Crippen LogP contribution in [0, 0.1) is 20.2 Å². The van der Waals surface area contributed by atoms with Crippen LogP contribution in [0.5, 0.6) is 0 Å². The van der Waals surface area contributed by atoms with Crippen LogP contribution in [0.4, 0.5) is 17.1 Å². The predicted octanol–water partition coefficient (Wildman–Crippen LogP) is 2.74. The largest absolute Gasteiger partial charge is 0.334 e. The van der Waals surface area contributed by atoms with Crippen molar-refractivity contribution >= 4 is 23.0 Å². The van der Waals surface area contributed by atoms with E-state index >= 15 is 0 Å². The van der Waals surface area contributed by atoms with Gasteiger partial charge in [0.1, 0.15) is 0 Å². The van der Waals surface area contributed by atoms with Gasteiger partial charge in [0.15, 0.2) is 0 Å². The lowest BCUT2D eigenvalue weighted by Crippen LogP contribution is -2.42. The highest BCUT2D eigenvalue weighted by Gasteiger charge is 2.31. The quantitative estimate of drug-likeness (QED) is 0.597. The number of hydrogen-bond donors (Lipinski definition) is 1. The first-order valence-electron chi connectivity index (χ1n) is 7.20. The molecule has 0 saturated carbocycles. The number of hydrogen-bond acceptors (Lipinski definition) is 7. The Kier molecular flexibility index (Phi) is 6.18. The number of nitro groups is 2. The molecule has 1 rings (SSSR count). The monoisotopic (exact) mass is 340 g/mol. The Bertz CT molecular complexity index is 616. The molecule has 24 heavy (non-hydrogen) atoms. The molecule has 10 heteroatoms. The number of benzene rings is 1. The van der Waals surface area contributed by atoms with Gasteiger partial charge in [-0.15, -0.1) is 0 Å². The molecule has 1 N–H and O–H groups in total. The third kappa shape index (κ3) is 3.96. The number of carbonyl (C=O) groups excluding carboxylic acids is 1. The van der Waals surface area contributed by atoms with Crippen LogP contribution >= 0.6 is 0 Å². The summed E-state index contributed by atoms with van der Waals surface area (Å²) in [6.07, 6.45) is 0. The van der Waals surface area contributed by atoms with E-state index in [0.717, 1.165) is 12.1 Å². The second-order valence-electron chi connectivity index (χ2n) is 5.61. The van der Waals surface area contributed by atoms with Gasteiger partial charge in [-0.25, -0.2) is 0 Å². The second-order valence-corrected chi connectivity index (χ2v) is 5.61. The minimum Gasteiger partial charge on any atom is -0.334 e. The van der Waals surface area contributed by atoms with Crippen molar-refractivity contribution in [3.63, 3.8) is 0 Å². The van der Waals surface area contributed by atoms with Crippen LogP contribution in [-0.2, 0) is 4.84 Å². The number of nitrogens with zero attached hydrogens (tertiary/aromatic N) is 3. The number of amides is 1. The van der Waals surface area contributed by atoms with Gasteiger partial charge in [0.05, 0.1) is 22.5 Å². The fourth-order valence-corrected chi connectivity index (χ4v) is 2.44. The SMILES string of the molecule is CONc1c([N+](=O)[O-])cc(C(=O)N(C(C)C)C(C)C)cc1[N+](=O)[O-]. The van der Waals surface area contributed by atoms with Crippen LogP contribution in [0.2, 0.25) is 0 Å². The molecule has 0 aliphatic heterocycles. The summed E-state index contributed by atoms with van der Waals surface area (Å²) >= 11 is 0. The maximum Gasteiger partial charge on any atom is 0.302 e. The summed E-state index contributed by atoms with van der Waals surface area (Å²) in [6, 6.07) is 1.67. The van der Waals surface area contributed by atoms with E-state index in [9.17, 15) is 25.0 Å². The summed E-state index contributed by atoms with van der Waals surface area (Å²) in [4.78, 5) is 39.6. The van der Waals surface area contributed by atoms with Crippen molar-refractivity contribution in [2.24, 2.45) is 0 Å². The summed E-state index contributed by atoms with van der Waals surface area (Å²) in [6.45, 7) is 7.17. The summed E-state index contributed by atoms with van der Waals surface area (Å²) in [5, 5.41) is 22.5. The highest BCUT2D eigenvalue weighted by atomic mass is 16.6. The molecule has 10 nitrogen and oxygen atoms in total. The summed E-state index contributed by atoms with van der Waals surface area (Å²) < 4.78 is 0. The highest BCUT2D eigenvalue weighted by Crippen LogP contribution is 2.36. The first kappa shape index (κ1) is 19.3. The zero-order valence-corrected chi connectivity index (χ0v) is 14.1. The Morgan fingerprint density at radius 3 is 1.79 bits per heavy atom. The fourth-order valence-electron chi connectivity index (χ4n) is 2.44. The summed E-state index contributed by atoms with van der Waals surface area (Å²) in [5.74, 6) is -0.518. The van der Waals surface area contributed by atoms with Crippen molar-refractivity contribution < 1.29 is 19.5 Å². The molecule has 0 radical (unpaired) electrons. The summed E-state index contributed by atoms with van der Waals surface area (Å²) in [7, 11) is 1.17. The van der Waals surface area contributed by atoms with Gasteiger partial charge in [0, 0.05) is 24.2 Å². The smallest absolute Gasteiger partial charge is 0.302 e. The second kappa shape index (κ2) is 7.68. The zero-order chi connectivity index (χ0) is 18.6. The third-order valence-corrected chi connectivity index (χ3v) is 3.29. The molecule has 0 aliphatic carbocycles. The van der Waals surface area contributed by atoms with Gasteiger partial charge in [-0.2, -0.15) is 0 Å². The fraction of sp³-hybridized carbons (Fsp3) is 0.500. The molecule has 0 bridgehead atoms. The van der Waals surface area contributed by atoms with E-state index in [4.69, 9.17) is 0 Å². The van der Waals surface area contributed by atoms with E-state index in [0.29, 0.717) is 0 Å². The number of nitrogens with one attached hydrogen (secondary N) is 1. The molecule has 0 aromatic heterocycles. The van der Waals surface area contributed by atoms with Crippen LogP contribution < -0.4 is 5.48 Å². The molecule has 0 aliphatic rings. The molecule has 0 heterocycles. The molecule has 0 fully saturated rings. The lowest BCUT2D eigenvalue weighted by molar-refractivity contribution is -0.392. The molecule has 0 unspecified atom stereocenters. The van der Waals surface area contributed by atoms with Gasteiger partial charge in [0.25, 0.3) is 5.91 Å². The van der Waals surface area contributed by atoms with Gasteiger partial charge in [0.2, 0.25) is 5.69 Å². The molecule has 0 saturated heterocycles. The van der Waals surface area contributed by atoms with Crippen LogP contribution in [0.25, 0.3) is 0 Å². The van der Waals surface area contributed by atoms with Crippen LogP contribution in [-0.4, -0.2) is 39.8 Å². The zero-order valence-electron chi connectivity index (χ0n) is 14.1. The lowest BCUT2D eigenvalue weighted by atomic mass is 10.1. The normalized spacial score (nSPS) is 10.8. The average Bonchev–Trinajstić information content (AvgIpc) is 2.46. The lowest BCUT2D eigenvalue weighted by Gasteiger charge is -2.30. The van der Waals surface area contributed by atoms with Gasteiger partial charge < -0.3 is 4.90 Å². The Hall–Kier alpha value is -2.75. The van der Waals surface area contributed by atoms with Gasteiger partial charge in [-0.05, 0) is 27.7 Å². The third-order valence-electron chi connectivity index (χ3n) is 3.29.